The lowest BCUT2D eigenvalue weighted by atomic mass is 9.99. The lowest BCUT2D eigenvalue weighted by molar-refractivity contribution is -0.633. The normalized spacial score (nSPS) is 11.9. The first-order valence-corrected chi connectivity index (χ1v) is 13.8. The fourth-order valence-corrected chi connectivity index (χ4v) is 7.38. The van der Waals surface area contributed by atoms with E-state index in [4.69, 9.17) is 0 Å². The maximum absolute atomic E-state index is 2.45. The van der Waals surface area contributed by atoms with Crippen molar-refractivity contribution < 1.29 is 4.57 Å². The summed E-state index contributed by atoms with van der Waals surface area (Å²) in [5.41, 5.74) is 8.68. The highest BCUT2D eigenvalue weighted by molar-refractivity contribution is 7.25. The molecule has 5 aromatic carbocycles. The van der Waals surface area contributed by atoms with Gasteiger partial charge in [-0.15, -0.1) is 11.3 Å². The first-order valence-electron chi connectivity index (χ1n) is 13.0. The molecule has 8 aromatic rings. The molecular formula is C35H25N2S+. The van der Waals surface area contributed by atoms with Crippen LogP contribution in [0.15, 0.2) is 115 Å². The van der Waals surface area contributed by atoms with E-state index >= 15 is 0 Å². The molecular weight excluding hydrogens is 480 g/mol. The number of para-hydroxylation sites is 3. The number of aromatic nitrogens is 2. The minimum atomic E-state index is 1.21. The summed E-state index contributed by atoms with van der Waals surface area (Å²) in [5, 5.41) is 6.47. The van der Waals surface area contributed by atoms with Crippen LogP contribution in [0.3, 0.4) is 0 Å². The van der Waals surface area contributed by atoms with Gasteiger partial charge < -0.3 is 4.57 Å². The first kappa shape index (κ1) is 21.6. The highest BCUT2D eigenvalue weighted by atomic mass is 32.1. The molecule has 2 nitrogen and oxygen atoms in total. The highest BCUT2D eigenvalue weighted by Crippen LogP contribution is 2.39. The fraction of sp³-hybridized carbons (Fsp3) is 0.0571. The van der Waals surface area contributed by atoms with Crippen LogP contribution in [0, 0.1) is 6.92 Å². The van der Waals surface area contributed by atoms with Crippen molar-refractivity contribution >= 4 is 64.2 Å². The van der Waals surface area contributed by atoms with E-state index in [9.17, 15) is 0 Å². The largest absolute Gasteiger partial charge is 0.308 e. The Labute approximate surface area is 224 Å². The topological polar surface area (TPSA) is 8.81 Å². The minimum Gasteiger partial charge on any atom is -0.308 e. The third-order valence-corrected chi connectivity index (χ3v) is 9.13. The molecule has 38 heavy (non-hydrogen) atoms. The van der Waals surface area contributed by atoms with Crippen molar-refractivity contribution in [2.24, 2.45) is 7.05 Å². The van der Waals surface area contributed by atoms with Crippen LogP contribution in [0.4, 0.5) is 0 Å². The van der Waals surface area contributed by atoms with E-state index in [0.29, 0.717) is 0 Å². The Kier molecular flexibility index (Phi) is 4.55. The molecule has 0 radical (unpaired) electrons. The van der Waals surface area contributed by atoms with Gasteiger partial charge in [0.2, 0.25) is 11.2 Å². The van der Waals surface area contributed by atoms with Crippen LogP contribution in [0.1, 0.15) is 5.56 Å². The van der Waals surface area contributed by atoms with Gasteiger partial charge in [0.15, 0.2) is 0 Å². The van der Waals surface area contributed by atoms with Crippen LogP contribution < -0.4 is 4.57 Å². The molecule has 8 rings (SSSR count). The van der Waals surface area contributed by atoms with Crippen molar-refractivity contribution in [3.63, 3.8) is 0 Å². The Balaban J connectivity index is 1.51. The average Bonchev–Trinajstić information content (AvgIpc) is 3.48. The average molecular weight is 506 g/mol. The number of hydrogen-bond acceptors (Lipinski definition) is 1. The molecule has 0 saturated heterocycles. The quantitative estimate of drug-likeness (QED) is 0.207. The fourth-order valence-electron chi connectivity index (χ4n) is 6.19. The molecule has 0 aliphatic carbocycles. The van der Waals surface area contributed by atoms with Gasteiger partial charge in [-0.25, -0.2) is 0 Å². The Morgan fingerprint density at radius 3 is 1.92 bits per heavy atom. The van der Waals surface area contributed by atoms with Crippen molar-refractivity contribution in [1.29, 1.82) is 0 Å². The van der Waals surface area contributed by atoms with Crippen LogP contribution in [-0.2, 0) is 7.05 Å². The number of nitrogens with zero attached hydrogens (tertiary/aromatic N) is 2. The standard InChI is InChI=1S/C35H25N2S/c1-22-19-35-28(25-13-6-10-18-34(25)38-35)20-27(22)32-21-33(26-14-5-7-15-29(26)36(32)2)37-30-16-8-3-11-23(30)24-12-4-9-17-31(24)37/h3-21H,1-2H3/q+1. The molecule has 3 heteroatoms. The third-order valence-electron chi connectivity index (χ3n) is 8.00. The second-order valence-electron chi connectivity index (χ2n) is 10.1. The van der Waals surface area contributed by atoms with Crippen LogP contribution in [0.25, 0.3) is 69.8 Å². The maximum Gasteiger partial charge on any atom is 0.215 e. The van der Waals surface area contributed by atoms with E-state index < -0.39 is 0 Å². The summed E-state index contributed by atoms with van der Waals surface area (Å²) in [5.74, 6) is 0. The number of aryl methyl sites for hydroxylation is 2. The predicted molar refractivity (Wildman–Crippen MR) is 163 cm³/mol. The van der Waals surface area contributed by atoms with E-state index in [1.807, 2.05) is 11.3 Å². The van der Waals surface area contributed by atoms with Crippen molar-refractivity contribution in [3.8, 4) is 16.9 Å². The van der Waals surface area contributed by atoms with E-state index in [-0.39, 0.29) is 0 Å². The number of fused-ring (bicyclic) bond motifs is 7. The van der Waals surface area contributed by atoms with Crippen molar-refractivity contribution in [1.82, 2.24) is 4.57 Å². The number of pyridine rings is 1. The SMILES string of the molecule is Cc1cc2sc3ccccc3c2cc1-c1cc(-n2c3ccccc3c3ccccc32)c2ccccc2[n+]1C. The molecule has 180 valence electrons. The predicted octanol–water partition coefficient (Wildman–Crippen LogP) is 9.10. The number of rotatable bonds is 2. The van der Waals surface area contributed by atoms with Gasteiger partial charge in [0.1, 0.15) is 7.05 Å². The van der Waals surface area contributed by atoms with Gasteiger partial charge >= 0.3 is 0 Å². The zero-order chi connectivity index (χ0) is 25.4. The second kappa shape index (κ2) is 8.01. The van der Waals surface area contributed by atoms with E-state index in [2.05, 4.69) is 138 Å². The number of hydrogen-bond donors (Lipinski definition) is 0. The molecule has 0 unspecified atom stereocenters. The van der Waals surface area contributed by atoms with Gasteiger partial charge in [0.05, 0.1) is 22.1 Å². The van der Waals surface area contributed by atoms with Crippen LogP contribution in [0.5, 0.6) is 0 Å². The van der Waals surface area contributed by atoms with Crippen molar-refractivity contribution in [2.45, 2.75) is 6.92 Å². The molecule has 0 bridgehead atoms. The van der Waals surface area contributed by atoms with Gasteiger partial charge in [-0.3, -0.25) is 0 Å². The zero-order valence-corrected chi connectivity index (χ0v) is 22.1. The lowest BCUT2D eigenvalue weighted by Crippen LogP contribution is -2.32. The van der Waals surface area contributed by atoms with Gasteiger partial charge in [0, 0.05) is 48.6 Å². The van der Waals surface area contributed by atoms with Gasteiger partial charge in [-0.05, 0) is 48.9 Å². The Bertz CT molecular complexity index is 2160. The van der Waals surface area contributed by atoms with Gasteiger partial charge in [-0.2, -0.15) is 4.57 Å². The van der Waals surface area contributed by atoms with E-state index in [1.165, 1.54) is 75.4 Å². The monoisotopic (exact) mass is 505 g/mol. The Morgan fingerprint density at radius 1 is 0.579 bits per heavy atom. The van der Waals surface area contributed by atoms with Crippen LogP contribution >= 0.6 is 11.3 Å². The Morgan fingerprint density at radius 2 is 1.18 bits per heavy atom. The molecule has 0 atom stereocenters. The summed E-state index contributed by atoms with van der Waals surface area (Å²) in [4.78, 5) is 0. The summed E-state index contributed by atoms with van der Waals surface area (Å²) < 4.78 is 7.49. The van der Waals surface area contributed by atoms with E-state index in [0.717, 1.165) is 0 Å². The molecule has 0 saturated carbocycles. The maximum atomic E-state index is 2.45. The first-order chi connectivity index (χ1) is 18.7. The summed E-state index contributed by atoms with van der Waals surface area (Å²) in [7, 11) is 2.20. The summed E-state index contributed by atoms with van der Waals surface area (Å²) in [6.07, 6.45) is 0. The highest BCUT2D eigenvalue weighted by Gasteiger charge is 2.23. The lowest BCUT2D eigenvalue weighted by Gasteiger charge is -2.14. The summed E-state index contributed by atoms with van der Waals surface area (Å²) in [6, 6.07) is 42.2. The molecule has 0 aliphatic rings. The number of benzene rings is 5. The third kappa shape index (κ3) is 2.97. The molecule has 0 N–H and O–H groups in total. The number of thiophene rings is 1. The van der Waals surface area contributed by atoms with Crippen LogP contribution in [-0.4, -0.2) is 4.57 Å². The molecule has 0 amide bonds. The summed E-state index contributed by atoms with van der Waals surface area (Å²) >= 11 is 1.88. The molecule has 0 spiro atoms. The smallest absolute Gasteiger partial charge is 0.215 e. The zero-order valence-electron chi connectivity index (χ0n) is 21.3. The Hall–Kier alpha value is -4.47. The van der Waals surface area contributed by atoms with Gasteiger partial charge in [-0.1, -0.05) is 66.7 Å². The molecule has 3 aromatic heterocycles. The minimum absolute atomic E-state index is 1.21. The second-order valence-corrected chi connectivity index (χ2v) is 11.2. The van der Waals surface area contributed by atoms with E-state index in [1.54, 1.807) is 0 Å². The molecule has 3 heterocycles. The summed E-state index contributed by atoms with van der Waals surface area (Å²) in [6.45, 7) is 2.24. The van der Waals surface area contributed by atoms with Crippen molar-refractivity contribution in [2.75, 3.05) is 0 Å². The molecule has 0 fully saturated rings. The molecule has 0 aliphatic heterocycles. The van der Waals surface area contributed by atoms with Crippen LogP contribution in [0.2, 0.25) is 0 Å². The van der Waals surface area contributed by atoms with Crippen molar-refractivity contribution in [3.05, 3.63) is 121 Å². The van der Waals surface area contributed by atoms with Gasteiger partial charge in [0.25, 0.3) is 0 Å².